The van der Waals surface area contributed by atoms with Gasteiger partial charge in [-0.25, -0.2) is 8.42 Å². The van der Waals surface area contributed by atoms with Gasteiger partial charge in [-0.1, -0.05) is 49.4 Å². The normalized spacial score (nSPS) is 20.6. The Hall–Kier alpha value is -2.97. The van der Waals surface area contributed by atoms with Crippen LogP contribution in [0.3, 0.4) is 0 Å². The van der Waals surface area contributed by atoms with Crippen molar-refractivity contribution < 1.29 is 18.0 Å². The van der Waals surface area contributed by atoms with Crippen molar-refractivity contribution in [2.75, 3.05) is 44.2 Å². The molecular formula is C26H29N3O4S. The maximum absolute atomic E-state index is 13.9. The van der Waals surface area contributed by atoms with Crippen molar-refractivity contribution in [3.63, 3.8) is 0 Å². The number of Topliss-reactive ketones (excluding diaryl/α,β-unsaturated/α-hetero) is 2. The van der Waals surface area contributed by atoms with E-state index in [-0.39, 0.29) is 40.6 Å². The number of sulfonamides is 1. The Bertz CT molecular complexity index is 1240. The summed E-state index contributed by atoms with van der Waals surface area (Å²) in [6.07, 6.45) is 1.71. The molecule has 3 aliphatic rings. The van der Waals surface area contributed by atoms with Crippen LogP contribution in [0.15, 0.2) is 65.2 Å². The molecule has 1 aliphatic carbocycles. The monoisotopic (exact) mass is 479 g/mol. The quantitative estimate of drug-likeness (QED) is 0.671. The molecule has 0 spiro atoms. The molecular weight excluding hydrogens is 450 g/mol. The second-order valence-corrected chi connectivity index (χ2v) is 11.2. The van der Waals surface area contributed by atoms with Crippen LogP contribution < -0.4 is 4.90 Å². The Balaban J connectivity index is 1.51. The minimum atomic E-state index is -4.15. The number of likely N-dealkylation sites (tertiary alicyclic amines) is 1. The summed E-state index contributed by atoms with van der Waals surface area (Å²) in [6.45, 7) is 4.84. The van der Waals surface area contributed by atoms with Gasteiger partial charge in [0.15, 0.2) is 4.91 Å². The zero-order valence-corrected chi connectivity index (χ0v) is 20.1. The van der Waals surface area contributed by atoms with Crippen LogP contribution in [0, 0.1) is 5.92 Å². The van der Waals surface area contributed by atoms with Gasteiger partial charge in [-0.3, -0.25) is 9.59 Å². The minimum Gasteiger partial charge on any atom is -0.369 e. The van der Waals surface area contributed by atoms with E-state index >= 15 is 0 Å². The number of para-hydroxylation sites is 1. The Morgan fingerprint density at radius 2 is 1.26 bits per heavy atom. The van der Waals surface area contributed by atoms with Gasteiger partial charge in [-0.05, 0) is 30.9 Å². The number of nitrogens with zero attached hydrogens (tertiary/aromatic N) is 3. The summed E-state index contributed by atoms with van der Waals surface area (Å²) in [5.74, 6) is -0.440. The zero-order valence-electron chi connectivity index (χ0n) is 19.3. The van der Waals surface area contributed by atoms with Crippen LogP contribution in [0.25, 0.3) is 0 Å². The van der Waals surface area contributed by atoms with Crippen LogP contribution in [0.4, 0.5) is 5.69 Å². The number of piperazine rings is 1. The number of hydrogen-bond donors (Lipinski definition) is 0. The van der Waals surface area contributed by atoms with Crippen LogP contribution in [0.1, 0.15) is 40.5 Å². The van der Waals surface area contributed by atoms with Gasteiger partial charge in [0.25, 0.3) is 0 Å². The molecule has 0 saturated carbocycles. The molecule has 2 heterocycles. The molecule has 0 unspecified atom stereocenters. The Labute approximate surface area is 200 Å². The van der Waals surface area contributed by atoms with Gasteiger partial charge in [-0.2, -0.15) is 4.31 Å². The Morgan fingerprint density at radius 3 is 1.88 bits per heavy atom. The lowest BCUT2D eigenvalue weighted by Gasteiger charge is -2.38. The van der Waals surface area contributed by atoms with Crippen molar-refractivity contribution in [2.24, 2.45) is 5.92 Å². The average Bonchev–Trinajstić information content (AvgIpc) is 2.87. The number of benzene rings is 2. The number of fused-ring (bicyclic) bond motifs is 1. The van der Waals surface area contributed by atoms with Gasteiger partial charge in [0.1, 0.15) is 5.70 Å². The number of anilines is 1. The zero-order chi connectivity index (χ0) is 23.9. The summed E-state index contributed by atoms with van der Waals surface area (Å²) < 4.78 is 29.2. The summed E-state index contributed by atoms with van der Waals surface area (Å²) in [7, 11) is -4.15. The molecule has 0 atom stereocenters. The van der Waals surface area contributed by atoms with E-state index in [0.29, 0.717) is 32.1 Å². The first kappa shape index (κ1) is 22.8. The van der Waals surface area contributed by atoms with Gasteiger partial charge in [0.2, 0.25) is 21.6 Å². The SMILES string of the molecule is CC1CCN(C2=C(S(=O)(=O)N3CCN(c4ccccc4)CC3)C(=O)c3ccccc3C2=O)CC1. The smallest absolute Gasteiger partial charge is 0.249 e. The minimum absolute atomic E-state index is 0.0566. The van der Waals surface area contributed by atoms with Gasteiger partial charge in [0, 0.05) is 56.1 Å². The number of carbonyl (C=O) groups is 2. The lowest BCUT2D eigenvalue weighted by molar-refractivity contribution is 0.0932. The fourth-order valence-corrected chi connectivity index (χ4v) is 6.77. The van der Waals surface area contributed by atoms with Crippen LogP contribution >= 0.6 is 0 Å². The van der Waals surface area contributed by atoms with Crippen molar-refractivity contribution >= 4 is 27.3 Å². The molecule has 178 valence electrons. The highest BCUT2D eigenvalue weighted by Crippen LogP contribution is 2.35. The third-order valence-electron chi connectivity index (χ3n) is 7.11. The highest BCUT2D eigenvalue weighted by Gasteiger charge is 2.44. The molecule has 0 bridgehead atoms. The summed E-state index contributed by atoms with van der Waals surface area (Å²) in [6, 6.07) is 16.4. The van der Waals surface area contributed by atoms with Gasteiger partial charge in [0.05, 0.1) is 0 Å². The maximum atomic E-state index is 13.9. The second-order valence-electron chi connectivity index (χ2n) is 9.28. The molecule has 2 fully saturated rings. The topological polar surface area (TPSA) is 78.0 Å². The predicted octanol–water partition coefficient (Wildman–Crippen LogP) is 3.16. The van der Waals surface area contributed by atoms with Crippen LogP contribution in [0.5, 0.6) is 0 Å². The van der Waals surface area contributed by atoms with Crippen molar-refractivity contribution in [1.82, 2.24) is 9.21 Å². The average molecular weight is 480 g/mol. The van der Waals surface area contributed by atoms with E-state index in [2.05, 4.69) is 11.8 Å². The molecule has 2 saturated heterocycles. The molecule has 0 radical (unpaired) electrons. The molecule has 0 amide bonds. The fraction of sp³-hybridized carbons (Fsp3) is 0.385. The Kier molecular flexibility index (Phi) is 6.04. The predicted molar refractivity (Wildman–Crippen MR) is 131 cm³/mol. The number of hydrogen-bond acceptors (Lipinski definition) is 6. The largest absolute Gasteiger partial charge is 0.369 e. The van der Waals surface area contributed by atoms with Crippen molar-refractivity contribution in [3.05, 3.63) is 76.3 Å². The van der Waals surface area contributed by atoms with E-state index in [9.17, 15) is 18.0 Å². The van der Waals surface area contributed by atoms with Crippen LogP contribution in [0.2, 0.25) is 0 Å². The number of rotatable bonds is 4. The first-order valence-corrected chi connectivity index (χ1v) is 13.3. The molecule has 8 heteroatoms. The summed E-state index contributed by atoms with van der Waals surface area (Å²) >= 11 is 0. The third kappa shape index (κ3) is 3.95. The number of carbonyl (C=O) groups excluding carboxylic acids is 2. The molecule has 2 aromatic carbocycles. The van der Waals surface area contributed by atoms with Crippen LogP contribution in [-0.4, -0.2) is 68.5 Å². The number of ketones is 2. The van der Waals surface area contributed by atoms with Crippen molar-refractivity contribution in [1.29, 1.82) is 0 Å². The molecule has 2 aromatic rings. The molecule has 2 aliphatic heterocycles. The summed E-state index contributed by atoms with van der Waals surface area (Å²) in [5.41, 5.74) is 1.55. The van der Waals surface area contributed by atoms with E-state index in [1.807, 2.05) is 35.2 Å². The lowest BCUT2D eigenvalue weighted by atomic mass is 9.90. The standard InChI is InChI=1S/C26H29N3O4S/c1-19-11-13-28(14-12-19)23-24(30)21-9-5-6-10-22(21)25(31)26(23)34(32,33)29-17-15-27(16-18-29)20-7-3-2-4-8-20/h2-10,19H,11-18H2,1H3. The highest BCUT2D eigenvalue weighted by atomic mass is 32.2. The van der Waals surface area contributed by atoms with E-state index < -0.39 is 15.8 Å². The molecule has 34 heavy (non-hydrogen) atoms. The molecule has 5 rings (SSSR count). The number of piperidine rings is 1. The first-order valence-electron chi connectivity index (χ1n) is 11.9. The van der Waals surface area contributed by atoms with E-state index in [1.54, 1.807) is 24.3 Å². The van der Waals surface area contributed by atoms with E-state index in [0.717, 1.165) is 18.5 Å². The van der Waals surface area contributed by atoms with E-state index in [4.69, 9.17) is 0 Å². The third-order valence-corrected chi connectivity index (χ3v) is 9.05. The molecule has 7 nitrogen and oxygen atoms in total. The fourth-order valence-electron chi connectivity index (χ4n) is 5.05. The number of allylic oxidation sites excluding steroid dienone is 2. The summed E-state index contributed by atoms with van der Waals surface area (Å²) in [4.78, 5) is 30.8. The van der Waals surface area contributed by atoms with Crippen LogP contribution in [-0.2, 0) is 10.0 Å². The maximum Gasteiger partial charge on any atom is 0.249 e. The lowest BCUT2D eigenvalue weighted by Crippen LogP contribution is -2.51. The van der Waals surface area contributed by atoms with Crippen molar-refractivity contribution in [2.45, 2.75) is 19.8 Å². The highest BCUT2D eigenvalue weighted by molar-refractivity contribution is 7.94. The molecule has 0 aromatic heterocycles. The van der Waals surface area contributed by atoms with Gasteiger partial charge < -0.3 is 9.80 Å². The van der Waals surface area contributed by atoms with Crippen molar-refractivity contribution in [3.8, 4) is 0 Å². The van der Waals surface area contributed by atoms with Gasteiger partial charge in [-0.15, -0.1) is 0 Å². The first-order chi connectivity index (χ1) is 16.4. The molecule has 0 N–H and O–H groups in total. The summed E-state index contributed by atoms with van der Waals surface area (Å²) in [5, 5.41) is 0. The van der Waals surface area contributed by atoms with Gasteiger partial charge >= 0.3 is 0 Å². The Morgan fingerprint density at radius 1 is 0.706 bits per heavy atom. The second kappa shape index (κ2) is 9.00. The van der Waals surface area contributed by atoms with E-state index in [1.165, 1.54) is 4.31 Å².